The Morgan fingerprint density at radius 1 is 0.952 bits per heavy atom. The molecule has 5 nitrogen and oxygen atoms in total. The van der Waals surface area contributed by atoms with Gasteiger partial charge in [-0.3, -0.25) is 9.59 Å². The Morgan fingerprint density at radius 2 is 1.57 bits per heavy atom. The van der Waals surface area contributed by atoms with Crippen molar-refractivity contribution in [1.29, 1.82) is 0 Å². The molecule has 0 aromatic heterocycles. The van der Waals surface area contributed by atoms with Crippen LogP contribution in [-0.4, -0.2) is 49.7 Å². The molecule has 0 saturated carbocycles. The van der Waals surface area contributed by atoms with E-state index in [2.05, 4.69) is 18.7 Å². The lowest BCUT2D eigenvalue weighted by atomic mass is 9.98. The van der Waals surface area contributed by atoms with Crippen LogP contribution in [0, 0.1) is 5.92 Å². The Morgan fingerprint density at radius 3 is 2.10 bits per heavy atom. The molecule has 21 heavy (non-hydrogen) atoms. The topological polar surface area (TPSA) is 55.8 Å². The minimum atomic E-state index is -0.374. The van der Waals surface area contributed by atoms with Crippen molar-refractivity contribution in [3.8, 4) is 0 Å². The lowest BCUT2D eigenvalue weighted by Gasteiger charge is -2.19. The molecule has 0 heterocycles. The molecular weight excluding hydrogens is 270 g/mol. The number of ether oxygens (including phenoxy) is 2. The summed E-state index contributed by atoms with van der Waals surface area (Å²) in [5.74, 6) is -0.978. The summed E-state index contributed by atoms with van der Waals surface area (Å²) in [6.07, 6.45) is 2.75. The second kappa shape index (κ2) is 12.6. The van der Waals surface area contributed by atoms with Crippen molar-refractivity contribution >= 4 is 11.9 Å². The molecule has 0 spiro atoms. The maximum atomic E-state index is 11.9. The van der Waals surface area contributed by atoms with E-state index < -0.39 is 0 Å². The van der Waals surface area contributed by atoms with Gasteiger partial charge in [-0.2, -0.15) is 0 Å². The van der Waals surface area contributed by atoms with E-state index in [-0.39, 0.29) is 24.3 Å². The molecule has 0 aliphatic rings. The summed E-state index contributed by atoms with van der Waals surface area (Å²) in [5.41, 5.74) is 0. The van der Waals surface area contributed by atoms with Crippen LogP contribution in [0.4, 0.5) is 0 Å². The second-order valence-corrected chi connectivity index (χ2v) is 4.98. The van der Waals surface area contributed by atoms with E-state index >= 15 is 0 Å². The standard InChI is InChI=1S/C16H31NO4/c1-5-17(6-2)12-10-9-11-14(16(19)21-8-4)13-15(18)20-7-3/h14H,5-13H2,1-4H3. The van der Waals surface area contributed by atoms with Gasteiger partial charge >= 0.3 is 11.9 Å². The Balaban J connectivity index is 4.21. The molecule has 124 valence electrons. The number of carbonyl (C=O) groups excluding carboxylic acids is 2. The summed E-state index contributed by atoms with van der Waals surface area (Å²) in [4.78, 5) is 25.8. The summed E-state index contributed by atoms with van der Waals surface area (Å²) in [5, 5.41) is 0. The van der Waals surface area contributed by atoms with Gasteiger partial charge in [-0.25, -0.2) is 0 Å². The normalized spacial score (nSPS) is 12.2. The van der Waals surface area contributed by atoms with Crippen LogP contribution in [0.5, 0.6) is 0 Å². The van der Waals surface area contributed by atoms with Crippen molar-refractivity contribution in [2.75, 3.05) is 32.8 Å². The molecule has 0 N–H and O–H groups in total. The highest BCUT2D eigenvalue weighted by Gasteiger charge is 2.23. The number of esters is 2. The van der Waals surface area contributed by atoms with Crippen molar-refractivity contribution in [2.45, 2.75) is 53.4 Å². The van der Waals surface area contributed by atoms with Crippen molar-refractivity contribution in [1.82, 2.24) is 4.90 Å². The molecule has 0 bridgehead atoms. The molecule has 0 aliphatic heterocycles. The highest BCUT2D eigenvalue weighted by molar-refractivity contribution is 5.79. The lowest BCUT2D eigenvalue weighted by molar-refractivity contribution is -0.155. The van der Waals surface area contributed by atoms with Gasteiger partial charge < -0.3 is 14.4 Å². The van der Waals surface area contributed by atoms with Crippen LogP contribution in [0.1, 0.15) is 53.4 Å². The number of rotatable bonds is 12. The molecule has 0 saturated heterocycles. The molecule has 0 aliphatic carbocycles. The lowest BCUT2D eigenvalue weighted by Crippen LogP contribution is -2.25. The van der Waals surface area contributed by atoms with Gasteiger partial charge in [0.1, 0.15) is 0 Å². The van der Waals surface area contributed by atoms with E-state index in [1.807, 2.05) is 0 Å². The van der Waals surface area contributed by atoms with Crippen molar-refractivity contribution in [3.05, 3.63) is 0 Å². The summed E-state index contributed by atoms with van der Waals surface area (Å²) < 4.78 is 9.97. The summed E-state index contributed by atoms with van der Waals surface area (Å²) in [6, 6.07) is 0. The van der Waals surface area contributed by atoms with E-state index in [1.165, 1.54) is 0 Å². The smallest absolute Gasteiger partial charge is 0.309 e. The number of hydrogen-bond acceptors (Lipinski definition) is 5. The summed E-state index contributed by atoms with van der Waals surface area (Å²) in [7, 11) is 0. The van der Waals surface area contributed by atoms with E-state index in [9.17, 15) is 9.59 Å². The number of nitrogens with zero attached hydrogens (tertiary/aromatic N) is 1. The third-order valence-corrected chi connectivity index (χ3v) is 3.51. The van der Waals surface area contributed by atoms with Gasteiger partial charge in [0.25, 0.3) is 0 Å². The fourth-order valence-electron chi connectivity index (χ4n) is 2.25. The first-order valence-electron chi connectivity index (χ1n) is 8.13. The average Bonchev–Trinajstić information content (AvgIpc) is 2.46. The molecular formula is C16H31NO4. The molecule has 0 rings (SSSR count). The Labute approximate surface area is 129 Å². The number of hydrogen-bond donors (Lipinski definition) is 0. The zero-order valence-corrected chi connectivity index (χ0v) is 14.0. The van der Waals surface area contributed by atoms with Gasteiger partial charge in [0.15, 0.2) is 0 Å². The first kappa shape index (κ1) is 19.9. The Kier molecular flexibility index (Phi) is 12.0. The van der Waals surface area contributed by atoms with Crippen LogP contribution in [0.2, 0.25) is 0 Å². The monoisotopic (exact) mass is 301 g/mol. The minimum absolute atomic E-state index is 0.123. The molecule has 0 amide bonds. The molecule has 1 atom stereocenters. The summed E-state index contributed by atoms with van der Waals surface area (Å²) >= 11 is 0. The predicted octanol–water partition coefficient (Wildman–Crippen LogP) is 2.63. The van der Waals surface area contributed by atoms with E-state index in [0.29, 0.717) is 19.6 Å². The van der Waals surface area contributed by atoms with Crippen LogP contribution in [-0.2, 0) is 19.1 Å². The van der Waals surface area contributed by atoms with Crippen molar-refractivity contribution < 1.29 is 19.1 Å². The van der Waals surface area contributed by atoms with Gasteiger partial charge in [-0.15, -0.1) is 0 Å². The predicted molar refractivity (Wildman–Crippen MR) is 83.0 cm³/mol. The third kappa shape index (κ3) is 9.45. The van der Waals surface area contributed by atoms with E-state index in [1.54, 1.807) is 13.8 Å². The van der Waals surface area contributed by atoms with Crippen LogP contribution >= 0.6 is 0 Å². The molecule has 1 unspecified atom stereocenters. The van der Waals surface area contributed by atoms with Crippen molar-refractivity contribution in [3.63, 3.8) is 0 Å². The minimum Gasteiger partial charge on any atom is -0.466 e. The molecule has 5 heteroatoms. The average molecular weight is 301 g/mol. The van der Waals surface area contributed by atoms with Gasteiger partial charge in [-0.1, -0.05) is 20.3 Å². The fourth-order valence-corrected chi connectivity index (χ4v) is 2.25. The Hall–Kier alpha value is -1.10. The number of unbranched alkanes of at least 4 members (excludes halogenated alkanes) is 1. The maximum absolute atomic E-state index is 11.9. The SMILES string of the molecule is CCOC(=O)CC(CCCCN(CC)CC)C(=O)OCC. The highest BCUT2D eigenvalue weighted by atomic mass is 16.5. The van der Waals surface area contributed by atoms with Gasteiger partial charge in [0.2, 0.25) is 0 Å². The molecule has 0 fully saturated rings. The zero-order valence-electron chi connectivity index (χ0n) is 14.0. The first-order chi connectivity index (χ1) is 10.1. The van der Waals surface area contributed by atoms with Crippen LogP contribution in [0.25, 0.3) is 0 Å². The second-order valence-electron chi connectivity index (χ2n) is 4.98. The molecule has 0 aromatic carbocycles. The van der Waals surface area contributed by atoms with Crippen LogP contribution in [0.15, 0.2) is 0 Å². The zero-order chi connectivity index (χ0) is 16.1. The highest BCUT2D eigenvalue weighted by Crippen LogP contribution is 2.16. The maximum Gasteiger partial charge on any atom is 0.309 e. The van der Waals surface area contributed by atoms with Gasteiger partial charge in [-0.05, 0) is 46.3 Å². The molecule has 0 radical (unpaired) electrons. The summed E-state index contributed by atoms with van der Waals surface area (Å²) in [6.45, 7) is 11.6. The Bertz CT molecular complexity index is 290. The first-order valence-corrected chi connectivity index (χ1v) is 8.13. The van der Waals surface area contributed by atoms with Crippen LogP contribution < -0.4 is 0 Å². The molecule has 0 aromatic rings. The fraction of sp³-hybridized carbons (Fsp3) is 0.875. The van der Waals surface area contributed by atoms with E-state index in [0.717, 1.165) is 32.5 Å². The number of carbonyl (C=O) groups is 2. The van der Waals surface area contributed by atoms with E-state index in [4.69, 9.17) is 9.47 Å². The quantitative estimate of drug-likeness (QED) is 0.410. The van der Waals surface area contributed by atoms with Crippen LogP contribution in [0.3, 0.4) is 0 Å². The largest absolute Gasteiger partial charge is 0.466 e. The van der Waals surface area contributed by atoms with Gasteiger partial charge in [0, 0.05) is 0 Å². The van der Waals surface area contributed by atoms with Gasteiger partial charge in [0.05, 0.1) is 25.6 Å². The van der Waals surface area contributed by atoms with Crippen molar-refractivity contribution in [2.24, 2.45) is 5.92 Å². The third-order valence-electron chi connectivity index (χ3n) is 3.51.